The van der Waals surface area contributed by atoms with Gasteiger partial charge in [0.25, 0.3) is 15.9 Å². The Balaban J connectivity index is 1.79. The topological polar surface area (TPSA) is 66.5 Å². The van der Waals surface area contributed by atoms with Crippen molar-refractivity contribution in [2.24, 2.45) is 11.8 Å². The number of anilines is 1. The van der Waals surface area contributed by atoms with Gasteiger partial charge in [-0.15, -0.1) is 0 Å². The smallest absolute Gasteiger partial charge is 0.261 e. The van der Waals surface area contributed by atoms with Crippen LogP contribution in [0.2, 0.25) is 0 Å². The quantitative estimate of drug-likeness (QED) is 0.751. The minimum Gasteiger partial charge on any atom is -0.338 e. The van der Waals surface area contributed by atoms with Gasteiger partial charge in [-0.25, -0.2) is 8.42 Å². The van der Waals surface area contributed by atoms with Gasteiger partial charge in [0.1, 0.15) is 0 Å². The van der Waals surface area contributed by atoms with Crippen LogP contribution in [0.5, 0.6) is 0 Å². The molecule has 0 radical (unpaired) electrons. The molecule has 5 nitrogen and oxygen atoms in total. The van der Waals surface area contributed by atoms with Crippen LogP contribution in [0.15, 0.2) is 57.9 Å². The van der Waals surface area contributed by atoms with Gasteiger partial charge < -0.3 is 4.90 Å². The molecule has 0 bridgehead atoms. The number of halogens is 1. The zero-order chi connectivity index (χ0) is 19.6. The van der Waals surface area contributed by atoms with Gasteiger partial charge in [-0.2, -0.15) is 0 Å². The first-order valence-corrected chi connectivity index (χ1v) is 11.2. The molecule has 27 heavy (non-hydrogen) atoms. The second-order valence-corrected chi connectivity index (χ2v) is 9.89. The van der Waals surface area contributed by atoms with Gasteiger partial charge in [-0.05, 0) is 60.7 Å². The Bertz CT molecular complexity index is 918. The Labute approximate surface area is 169 Å². The third-order valence-electron chi connectivity index (χ3n) is 4.64. The van der Waals surface area contributed by atoms with E-state index in [-0.39, 0.29) is 10.8 Å². The largest absolute Gasteiger partial charge is 0.338 e. The average molecular weight is 451 g/mol. The van der Waals surface area contributed by atoms with Crippen LogP contribution < -0.4 is 4.72 Å². The van der Waals surface area contributed by atoms with E-state index in [1.54, 1.807) is 36.4 Å². The maximum absolute atomic E-state index is 12.9. The first-order chi connectivity index (χ1) is 12.7. The van der Waals surface area contributed by atoms with E-state index in [1.165, 1.54) is 12.1 Å². The highest BCUT2D eigenvalue weighted by Gasteiger charge is 2.26. The van der Waals surface area contributed by atoms with Crippen molar-refractivity contribution in [3.63, 3.8) is 0 Å². The van der Waals surface area contributed by atoms with Crippen molar-refractivity contribution in [2.75, 3.05) is 17.8 Å². The second-order valence-electron chi connectivity index (χ2n) is 7.30. The number of sulfonamides is 1. The SMILES string of the molecule is CC1CC(C)CN(C(=O)c2cccc(NS(=O)(=O)c3ccc(Br)cc3)c2)C1. The maximum atomic E-state index is 12.9. The Morgan fingerprint density at radius 3 is 2.33 bits per heavy atom. The average Bonchev–Trinajstić information content (AvgIpc) is 2.60. The standard InChI is InChI=1S/C20H23BrN2O3S/c1-14-10-15(2)13-23(12-14)20(24)16-4-3-5-18(11-16)22-27(25,26)19-8-6-17(21)7-9-19/h3-9,11,14-15,22H,10,12-13H2,1-2H3. The highest BCUT2D eigenvalue weighted by Crippen LogP contribution is 2.24. The lowest BCUT2D eigenvalue weighted by Crippen LogP contribution is -2.42. The number of amides is 1. The molecule has 1 heterocycles. The number of benzene rings is 2. The van der Waals surface area contributed by atoms with E-state index in [0.717, 1.165) is 24.0 Å². The highest BCUT2D eigenvalue weighted by atomic mass is 79.9. The molecule has 1 aliphatic heterocycles. The normalized spacial score (nSPS) is 20.3. The fourth-order valence-electron chi connectivity index (χ4n) is 3.55. The van der Waals surface area contributed by atoms with E-state index in [1.807, 2.05) is 4.90 Å². The molecule has 1 amide bonds. The number of carbonyl (C=O) groups is 1. The molecule has 2 unspecified atom stereocenters. The van der Waals surface area contributed by atoms with Crippen LogP contribution in [0.25, 0.3) is 0 Å². The van der Waals surface area contributed by atoms with Crippen molar-refractivity contribution in [1.82, 2.24) is 4.90 Å². The van der Waals surface area contributed by atoms with Gasteiger partial charge in [0, 0.05) is 28.8 Å². The Morgan fingerprint density at radius 2 is 1.70 bits per heavy atom. The molecule has 2 aromatic carbocycles. The third-order valence-corrected chi connectivity index (χ3v) is 6.57. The second kappa shape index (κ2) is 8.02. The summed E-state index contributed by atoms with van der Waals surface area (Å²) >= 11 is 3.29. The van der Waals surface area contributed by atoms with Gasteiger partial charge in [0.05, 0.1) is 4.90 Å². The molecule has 3 rings (SSSR count). The number of hydrogen-bond donors (Lipinski definition) is 1. The lowest BCUT2D eigenvalue weighted by Gasteiger charge is -2.35. The minimum atomic E-state index is -3.71. The predicted octanol–water partition coefficient (Wildman–Crippen LogP) is 4.37. The summed E-state index contributed by atoms with van der Waals surface area (Å²) in [5.41, 5.74) is 0.870. The number of likely N-dealkylation sites (tertiary alicyclic amines) is 1. The van der Waals surface area contributed by atoms with Crippen LogP contribution in [0.3, 0.4) is 0 Å². The van der Waals surface area contributed by atoms with Gasteiger partial charge in [-0.3, -0.25) is 9.52 Å². The first-order valence-electron chi connectivity index (χ1n) is 8.92. The molecule has 0 spiro atoms. The maximum Gasteiger partial charge on any atom is 0.261 e. The van der Waals surface area contributed by atoms with Crippen molar-refractivity contribution < 1.29 is 13.2 Å². The van der Waals surface area contributed by atoms with Crippen molar-refractivity contribution in [3.05, 3.63) is 58.6 Å². The van der Waals surface area contributed by atoms with Gasteiger partial charge in [-0.1, -0.05) is 35.8 Å². The molecular formula is C20H23BrN2O3S. The van der Waals surface area contributed by atoms with E-state index < -0.39 is 10.0 Å². The summed E-state index contributed by atoms with van der Waals surface area (Å²) in [5, 5.41) is 0. The fraction of sp³-hybridized carbons (Fsp3) is 0.350. The number of rotatable bonds is 4. The van der Waals surface area contributed by atoms with E-state index in [2.05, 4.69) is 34.5 Å². The monoisotopic (exact) mass is 450 g/mol. The summed E-state index contributed by atoms with van der Waals surface area (Å²) < 4.78 is 28.5. The molecule has 0 aliphatic carbocycles. The van der Waals surface area contributed by atoms with Crippen LogP contribution in [-0.4, -0.2) is 32.3 Å². The molecule has 1 fully saturated rings. The van der Waals surface area contributed by atoms with Crippen LogP contribution in [0.1, 0.15) is 30.6 Å². The van der Waals surface area contributed by atoms with E-state index in [4.69, 9.17) is 0 Å². The minimum absolute atomic E-state index is 0.0573. The third kappa shape index (κ3) is 4.90. The van der Waals surface area contributed by atoms with Gasteiger partial charge in [0.2, 0.25) is 0 Å². The lowest BCUT2D eigenvalue weighted by molar-refractivity contribution is 0.0623. The fourth-order valence-corrected chi connectivity index (χ4v) is 4.87. The highest BCUT2D eigenvalue weighted by molar-refractivity contribution is 9.10. The zero-order valence-electron chi connectivity index (χ0n) is 15.4. The van der Waals surface area contributed by atoms with Crippen LogP contribution >= 0.6 is 15.9 Å². The summed E-state index contributed by atoms with van der Waals surface area (Å²) in [6, 6.07) is 13.1. The number of nitrogens with one attached hydrogen (secondary N) is 1. The molecule has 0 aromatic heterocycles. The zero-order valence-corrected chi connectivity index (χ0v) is 17.8. The lowest BCUT2D eigenvalue weighted by atomic mass is 9.91. The van der Waals surface area contributed by atoms with E-state index >= 15 is 0 Å². The summed E-state index contributed by atoms with van der Waals surface area (Å²) in [6.45, 7) is 5.77. The number of piperidine rings is 1. The molecule has 1 saturated heterocycles. The molecule has 0 saturated carbocycles. The molecule has 2 aromatic rings. The Morgan fingerprint density at radius 1 is 1.07 bits per heavy atom. The van der Waals surface area contributed by atoms with Gasteiger partial charge >= 0.3 is 0 Å². The summed E-state index contributed by atoms with van der Waals surface area (Å²) in [7, 11) is -3.71. The summed E-state index contributed by atoms with van der Waals surface area (Å²) in [5.74, 6) is 0.881. The van der Waals surface area contributed by atoms with Crippen molar-refractivity contribution in [1.29, 1.82) is 0 Å². The first kappa shape index (κ1) is 19.9. The number of hydrogen-bond acceptors (Lipinski definition) is 3. The van der Waals surface area contributed by atoms with Crippen molar-refractivity contribution >= 4 is 37.5 Å². The number of nitrogens with zero attached hydrogens (tertiary/aromatic N) is 1. The summed E-state index contributed by atoms with van der Waals surface area (Å²) in [4.78, 5) is 14.9. The van der Waals surface area contributed by atoms with Crippen LogP contribution in [0, 0.1) is 11.8 Å². The molecule has 144 valence electrons. The Hall–Kier alpha value is -1.86. The summed E-state index contributed by atoms with van der Waals surface area (Å²) in [6.07, 6.45) is 1.12. The van der Waals surface area contributed by atoms with Crippen LogP contribution in [0.4, 0.5) is 5.69 Å². The van der Waals surface area contributed by atoms with Crippen molar-refractivity contribution in [2.45, 2.75) is 25.2 Å². The predicted molar refractivity (Wildman–Crippen MR) is 110 cm³/mol. The van der Waals surface area contributed by atoms with Gasteiger partial charge in [0.15, 0.2) is 0 Å². The Kier molecular flexibility index (Phi) is 5.91. The molecule has 1 N–H and O–H groups in total. The van der Waals surface area contributed by atoms with E-state index in [0.29, 0.717) is 23.1 Å². The van der Waals surface area contributed by atoms with Crippen LogP contribution in [-0.2, 0) is 10.0 Å². The van der Waals surface area contributed by atoms with E-state index in [9.17, 15) is 13.2 Å². The van der Waals surface area contributed by atoms with Crippen molar-refractivity contribution in [3.8, 4) is 0 Å². The molecule has 2 atom stereocenters. The molecule has 7 heteroatoms. The molecule has 1 aliphatic rings. The number of carbonyl (C=O) groups excluding carboxylic acids is 1. The molecular weight excluding hydrogens is 428 g/mol.